The molecule has 0 atom stereocenters. The van der Waals surface area contributed by atoms with Crippen molar-refractivity contribution in [1.82, 2.24) is 5.32 Å². The molecule has 0 saturated carbocycles. The average molecular weight is 337 g/mol. The summed E-state index contributed by atoms with van der Waals surface area (Å²) >= 11 is 0. The number of ether oxygens (including phenoxy) is 1. The average Bonchev–Trinajstić information content (AvgIpc) is 2.60. The number of methoxy groups -OCH3 is 1. The first-order valence-corrected chi connectivity index (χ1v) is 8.58. The molecule has 0 saturated heterocycles. The highest BCUT2D eigenvalue weighted by Crippen LogP contribution is 2.22. The number of rotatable bonds is 6. The molecule has 2 rings (SSSR count). The minimum Gasteiger partial charge on any atom is -0.497 e. The van der Waals surface area contributed by atoms with Gasteiger partial charge in [0.2, 0.25) is 5.91 Å². The highest BCUT2D eigenvalue weighted by molar-refractivity contribution is 5.91. The summed E-state index contributed by atoms with van der Waals surface area (Å²) in [5.41, 5.74) is 3.62. The molecule has 0 aliphatic rings. The Bertz CT molecular complexity index is 707. The molecule has 0 fully saturated rings. The monoisotopic (exact) mass is 337 g/mol. The smallest absolute Gasteiger partial charge is 0.244 e. The van der Waals surface area contributed by atoms with E-state index in [4.69, 9.17) is 4.74 Å². The van der Waals surface area contributed by atoms with E-state index in [2.05, 4.69) is 38.2 Å². The Kier molecular flexibility index (Phi) is 6.40. The summed E-state index contributed by atoms with van der Waals surface area (Å²) < 4.78 is 5.13. The van der Waals surface area contributed by atoms with Crippen molar-refractivity contribution in [2.24, 2.45) is 0 Å². The number of amides is 1. The van der Waals surface area contributed by atoms with Crippen LogP contribution in [0.15, 0.2) is 54.6 Å². The minimum absolute atomic E-state index is 0.0755. The maximum Gasteiger partial charge on any atom is 0.244 e. The van der Waals surface area contributed by atoms with E-state index in [1.807, 2.05) is 42.5 Å². The van der Waals surface area contributed by atoms with Crippen LogP contribution in [0.4, 0.5) is 0 Å². The van der Waals surface area contributed by atoms with E-state index in [0.29, 0.717) is 6.54 Å². The van der Waals surface area contributed by atoms with Gasteiger partial charge in [0, 0.05) is 12.6 Å². The van der Waals surface area contributed by atoms with Crippen molar-refractivity contribution in [3.05, 3.63) is 71.3 Å². The zero-order valence-electron chi connectivity index (χ0n) is 15.5. The van der Waals surface area contributed by atoms with Gasteiger partial charge in [-0.15, -0.1) is 0 Å². The van der Waals surface area contributed by atoms with Crippen molar-refractivity contribution in [1.29, 1.82) is 0 Å². The second kappa shape index (κ2) is 8.52. The fraction of sp³-hybridized carbons (Fsp3) is 0.318. The van der Waals surface area contributed by atoms with Crippen molar-refractivity contribution in [3.8, 4) is 5.75 Å². The molecule has 25 heavy (non-hydrogen) atoms. The van der Waals surface area contributed by atoms with Crippen molar-refractivity contribution in [2.45, 2.75) is 32.6 Å². The standard InChI is InChI=1S/C22H27NO2/c1-22(2,3)19-10-5-17(6-11-19)9-14-21(24)23-16-15-18-7-12-20(25-4)13-8-18/h5-14H,15-16H2,1-4H3,(H,23,24). The molecule has 3 nitrogen and oxygen atoms in total. The van der Waals surface area contributed by atoms with Crippen molar-refractivity contribution in [2.75, 3.05) is 13.7 Å². The fourth-order valence-corrected chi connectivity index (χ4v) is 2.45. The zero-order valence-corrected chi connectivity index (χ0v) is 15.5. The molecule has 0 aliphatic heterocycles. The number of benzene rings is 2. The van der Waals surface area contributed by atoms with Crippen LogP contribution in [0.2, 0.25) is 0 Å². The molecule has 132 valence electrons. The maximum atomic E-state index is 11.9. The maximum absolute atomic E-state index is 11.9. The first kappa shape index (κ1) is 18.8. The Balaban J connectivity index is 1.80. The van der Waals surface area contributed by atoms with E-state index in [1.165, 1.54) is 11.1 Å². The second-order valence-electron chi connectivity index (χ2n) is 7.09. The molecule has 2 aromatic carbocycles. The van der Waals surface area contributed by atoms with E-state index in [9.17, 15) is 4.79 Å². The van der Waals surface area contributed by atoms with Gasteiger partial charge in [-0.05, 0) is 46.7 Å². The van der Waals surface area contributed by atoms with Gasteiger partial charge in [0.15, 0.2) is 0 Å². The van der Waals surface area contributed by atoms with Gasteiger partial charge in [0.05, 0.1) is 7.11 Å². The Morgan fingerprint density at radius 1 is 1.04 bits per heavy atom. The predicted molar refractivity (Wildman–Crippen MR) is 104 cm³/mol. The third kappa shape index (κ3) is 6.11. The molecule has 3 heteroatoms. The van der Waals surface area contributed by atoms with Gasteiger partial charge >= 0.3 is 0 Å². The van der Waals surface area contributed by atoms with Crippen LogP contribution >= 0.6 is 0 Å². The summed E-state index contributed by atoms with van der Waals surface area (Å²) in [6, 6.07) is 16.2. The lowest BCUT2D eigenvalue weighted by Crippen LogP contribution is -2.23. The molecular weight excluding hydrogens is 310 g/mol. The van der Waals surface area contributed by atoms with Crippen LogP contribution in [-0.2, 0) is 16.6 Å². The van der Waals surface area contributed by atoms with Crippen molar-refractivity contribution in [3.63, 3.8) is 0 Å². The fourth-order valence-electron chi connectivity index (χ4n) is 2.45. The molecule has 0 heterocycles. The summed E-state index contributed by atoms with van der Waals surface area (Å²) in [7, 11) is 1.65. The first-order chi connectivity index (χ1) is 11.9. The van der Waals surface area contributed by atoms with Gasteiger partial charge in [-0.3, -0.25) is 4.79 Å². The lowest BCUT2D eigenvalue weighted by molar-refractivity contribution is -0.116. The third-order valence-corrected chi connectivity index (χ3v) is 4.08. The molecule has 0 spiro atoms. The Hall–Kier alpha value is -2.55. The second-order valence-corrected chi connectivity index (χ2v) is 7.09. The minimum atomic E-state index is -0.0755. The third-order valence-electron chi connectivity index (χ3n) is 4.08. The van der Waals surface area contributed by atoms with Gasteiger partial charge in [0.25, 0.3) is 0 Å². The zero-order chi connectivity index (χ0) is 18.3. The van der Waals surface area contributed by atoms with Gasteiger partial charge in [-0.25, -0.2) is 0 Å². The molecule has 1 N–H and O–H groups in total. The van der Waals surface area contributed by atoms with E-state index in [1.54, 1.807) is 13.2 Å². The number of hydrogen-bond donors (Lipinski definition) is 1. The lowest BCUT2D eigenvalue weighted by atomic mass is 9.87. The molecule has 0 unspecified atom stereocenters. The highest BCUT2D eigenvalue weighted by Gasteiger charge is 2.12. The van der Waals surface area contributed by atoms with Crippen LogP contribution in [0.5, 0.6) is 5.75 Å². The van der Waals surface area contributed by atoms with E-state index in [-0.39, 0.29) is 11.3 Å². The van der Waals surface area contributed by atoms with Crippen LogP contribution in [-0.4, -0.2) is 19.6 Å². The molecule has 0 radical (unpaired) electrons. The lowest BCUT2D eigenvalue weighted by Gasteiger charge is -2.18. The molecule has 0 aromatic heterocycles. The Morgan fingerprint density at radius 3 is 2.24 bits per heavy atom. The quantitative estimate of drug-likeness (QED) is 0.795. The number of carbonyl (C=O) groups excluding carboxylic acids is 1. The SMILES string of the molecule is COc1ccc(CCNC(=O)C=Cc2ccc(C(C)(C)C)cc2)cc1. The molecule has 0 aliphatic carbocycles. The van der Waals surface area contributed by atoms with E-state index >= 15 is 0 Å². The van der Waals surface area contributed by atoms with Crippen LogP contribution in [0.1, 0.15) is 37.5 Å². The Labute approximate surface area is 150 Å². The molecular formula is C22H27NO2. The molecule has 2 aromatic rings. The number of hydrogen-bond acceptors (Lipinski definition) is 2. The predicted octanol–water partition coefficient (Wildman–Crippen LogP) is 4.36. The van der Waals surface area contributed by atoms with Crippen LogP contribution in [0.25, 0.3) is 6.08 Å². The van der Waals surface area contributed by atoms with E-state index < -0.39 is 0 Å². The summed E-state index contributed by atoms with van der Waals surface area (Å²) in [6.07, 6.45) is 4.22. The number of nitrogens with one attached hydrogen (secondary N) is 1. The van der Waals surface area contributed by atoms with Crippen LogP contribution in [0, 0.1) is 0 Å². The van der Waals surface area contributed by atoms with Gasteiger partial charge in [0.1, 0.15) is 5.75 Å². The highest BCUT2D eigenvalue weighted by atomic mass is 16.5. The first-order valence-electron chi connectivity index (χ1n) is 8.58. The largest absolute Gasteiger partial charge is 0.497 e. The molecule has 0 bridgehead atoms. The topological polar surface area (TPSA) is 38.3 Å². The van der Waals surface area contributed by atoms with Crippen molar-refractivity contribution >= 4 is 12.0 Å². The summed E-state index contributed by atoms with van der Waals surface area (Å²) in [6.45, 7) is 7.18. The number of carbonyl (C=O) groups is 1. The van der Waals surface area contributed by atoms with Gasteiger partial charge < -0.3 is 10.1 Å². The summed E-state index contributed by atoms with van der Waals surface area (Å²) in [4.78, 5) is 11.9. The molecule has 1 amide bonds. The van der Waals surface area contributed by atoms with Gasteiger partial charge in [-0.2, -0.15) is 0 Å². The summed E-state index contributed by atoms with van der Waals surface area (Å²) in [5, 5.41) is 2.91. The van der Waals surface area contributed by atoms with Crippen LogP contribution in [0.3, 0.4) is 0 Å². The van der Waals surface area contributed by atoms with Crippen LogP contribution < -0.4 is 10.1 Å². The Morgan fingerprint density at radius 2 is 1.68 bits per heavy atom. The van der Waals surface area contributed by atoms with E-state index in [0.717, 1.165) is 17.7 Å². The normalized spacial score (nSPS) is 11.5. The summed E-state index contributed by atoms with van der Waals surface area (Å²) in [5.74, 6) is 0.765. The van der Waals surface area contributed by atoms with Crippen molar-refractivity contribution < 1.29 is 9.53 Å². The van der Waals surface area contributed by atoms with Gasteiger partial charge in [-0.1, -0.05) is 57.2 Å².